The molecule has 0 radical (unpaired) electrons. The molecule has 5 heteroatoms. The molecule has 1 N–H and O–H groups in total. The third-order valence-corrected chi connectivity index (χ3v) is 5.15. The molecule has 0 atom stereocenters. The maximum Gasteiger partial charge on any atom is 0.172 e. The number of fused-ring (bicyclic) bond motifs is 3. The summed E-state index contributed by atoms with van der Waals surface area (Å²) in [4.78, 5) is 14.9. The van der Waals surface area contributed by atoms with Gasteiger partial charge in [-0.15, -0.1) is 11.3 Å². The highest BCUT2D eigenvalue weighted by molar-refractivity contribution is 7.12. The number of aliphatic imine (C=N–C) groups is 2. The van der Waals surface area contributed by atoms with Gasteiger partial charge in [-0.1, -0.05) is 36.4 Å². The number of thiophene rings is 1. The Balaban J connectivity index is 1.77. The van der Waals surface area contributed by atoms with Gasteiger partial charge in [0.15, 0.2) is 5.84 Å². The van der Waals surface area contributed by atoms with Gasteiger partial charge in [0.1, 0.15) is 5.84 Å². The number of pyridine rings is 1. The van der Waals surface area contributed by atoms with Crippen LogP contribution < -0.4 is 5.32 Å². The van der Waals surface area contributed by atoms with Crippen LogP contribution in [0.25, 0.3) is 10.8 Å². The fraction of sp³-hybridized carbons (Fsp3) is 0. The number of amidine groups is 2. The number of nitrogens with one attached hydrogen (secondary N) is 1. The first-order chi connectivity index (χ1) is 12.9. The summed E-state index contributed by atoms with van der Waals surface area (Å²) in [5.74, 6) is 1.49. The highest BCUT2D eigenvalue weighted by atomic mass is 32.1. The van der Waals surface area contributed by atoms with Crippen LogP contribution in [0.4, 0.5) is 11.4 Å². The first kappa shape index (κ1) is 15.0. The zero-order valence-corrected chi connectivity index (χ0v) is 14.6. The van der Waals surface area contributed by atoms with Gasteiger partial charge in [0.05, 0.1) is 16.3 Å². The molecule has 2 aromatic carbocycles. The Hall–Kier alpha value is -3.31. The molecule has 4 nitrogen and oxygen atoms in total. The monoisotopic (exact) mass is 354 g/mol. The predicted molar refractivity (Wildman–Crippen MR) is 109 cm³/mol. The number of aromatic nitrogens is 1. The van der Waals surface area contributed by atoms with Crippen LogP contribution in [0.5, 0.6) is 0 Å². The minimum absolute atomic E-state index is 0.717. The van der Waals surface area contributed by atoms with Crippen LogP contribution in [0.3, 0.4) is 0 Å². The van der Waals surface area contributed by atoms with Crippen LogP contribution in [0, 0.1) is 0 Å². The van der Waals surface area contributed by atoms with Crippen LogP contribution in [0.2, 0.25) is 0 Å². The fourth-order valence-corrected chi connectivity index (χ4v) is 3.69. The van der Waals surface area contributed by atoms with E-state index < -0.39 is 0 Å². The van der Waals surface area contributed by atoms with E-state index in [2.05, 4.69) is 34.6 Å². The summed E-state index contributed by atoms with van der Waals surface area (Å²) in [6, 6.07) is 20.4. The van der Waals surface area contributed by atoms with E-state index in [0.717, 1.165) is 44.3 Å². The van der Waals surface area contributed by atoms with Gasteiger partial charge in [-0.2, -0.15) is 0 Å². The summed E-state index contributed by atoms with van der Waals surface area (Å²) < 4.78 is 0. The molecule has 0 fully saturated rings. The summed E-state index contributed by atoms with van der Waals surface area (Å²) in [7, 11) is 0. The molecular weight excluding hydrogens is 340 g/mol. The molecule has 2 aromatic heterocycles. The van der Waals surface area contributed by atoms with Crippen molar-refractivity contribution >= 4 is 45.2 Å². The Kier molecular flexibility index (Phi) is 3.57. The van der Waals surface area contributed by atoms with Crippen LogP contribution >= 0.6 is 11.3 Å². The van der Waals surface area contributed by atoms with E-state index >= 15 is 0 Å². The van der Waals surface area contributed by atoms with Crippen molar-refractivity contribution in [2.75, 3.05) is 5.32 Å². The highest BCUT2D eigenvalue weighted by Gasteiger charge is 2.17. The Morgan fingerprint density at radius 1 is 0.808 bits per heavy atom. The Morgan fingerprint density at radius 3 is 2.54 bits per heavy atom. The fourth-order valence-electron chi connectivity index (χ4n) is 3.03. The van der Waals surface area contributed by atoms with E-state index in [1.165, 1.54) is 0 Å². The normalized spacial score (nSPS) is 13.4. The number of anilines is 1. The lowest BCUT2D eigenvalue weighted by atomic mass is 10.1. The van der Waals surface area contributed by atoms with Gasteiger partial charge in [-0.3, -0.25) is 4.98 Å². The maximum atomic E-state index is 4.95. The lowest BCUT2D eigenvalue weighted by Crippen LogP contribution is -2.14. The van der Waals surface area contributed by atoms with Crippen LogP contribution in [0.1, 0.15) is 10.4 Å². The molecular formula is C21H14N4S. The lowest BCUT2D eigenvalue weighted by Gasteiger charge is -2.11. The molecule has 0 bridgehead atoms. The minimum Gasteiger partial charge on any atom is -0.338 e. The quantitative estimate of drug-likeness (QED) is 0.535. The summed E-state index contributed by atoms with van der Waals surface area (Å²) in [6.45, 7) is 0. The van der Waals surface area contributed by atoms with Crippen molar-refractivity contribution in [2.45, 2.75) is 0 Å². The number of rotatable bonds is 2. The molecule has 26 heavy (non-hydrogen) atoms. The predicted octanol–water partition coefficient (Wildman–Crippen LogP) is 5.25. The van der Waals surface area contributed by atoms with Crippen LogP contribution in [-0.4, -0.2) is 16.7 Å². The van der Waals surface area contributed by atoms with E-state index in [-0.39, 0.29) is 0 Å². The Labute approximate surface area is 154 Å². The molecule has 0 unspecified atom stereocenters. The van der Waals surface area contributed by atoms with Crippen molar-refractivity contribution in [3.8, 4) is 0 Å². The van der Waals surface area contributed by atoms with Crippen molar-refractivity contribution in [1.29, 1.82) is 0 Å². The largest absolute Gasteiger partial charge is 0.338 e. The second kappa shape index (κ2) is 6.20. The molecule has 124 valence electrons. The maximum absolute atomic E-state index is 4.95. The zero-order valence-electron chi connectivity index (χ0n) is 13.8. The van der Waals surface area contributed by atoms with Gasteiger partial charge in [-0.25, -0.2) is 9.98 Å². The van der Waals surface area contributed by atoms with E-state index in [1.54, 1.807) is 23.7 Å². The molecule has 3 heterocycles. The van der Waals surface area contributed by atoms with Gasteiger partial charge >= 0.3 is 0 Å². The number of hydrogen-bond acceptors (Lipinski definition) is 5. The number of benzene rings is 2. The molecule has 0 aliphatic carbocycles. The van der Waals surface area contributed by atoms with Crippen molar-refractivity contribution < 1.29 is 0 Å². The van der Waals surface area contributed by atoms with Gasteiger partial charge in [0.25, 0.3) is 0 Å². The van der Waals surface area contributed by atoms with Crippen molar-refractivity contribution in [1.82, 2.24) is 4.98 Å². The van der Waals surface area contributed by atoms with Crippen LogP contribution in [-0.2, 0) is 0 Å². The first-order valence-electron chi connectivity index (χ1n) is 8.29. The SMILES string of the molecule is c1csc(C2=Nc3c(ccc4ccccc34)NC(c3ccncc3)=N2)c1. The average Bonchev–Trinajstić information content (AvgIpc) is 3.16. The Morgan fingerprint density at radius 2 is 1.69 bits per heavy atom. The van der Waals surface area contributed by atoms with Gasteiger partial charge in [0, 0.05) is 23.3 Å². The van der Waals surface area contributed by atoms with Gasteiger partial charge in [0.2, 0.25) is 0 Å². The second-order valence-corrected chi connectivity index (χ2v) is 6.86. The molecule has 0 saturated heterocycles. The highest BCUT2D eigenvalue weighted by Crippen LogP contribution is 2.36. The third-order valence-electron chi connectivity index (χ3n) is 4.28. The van der Waals surface area contributed by atoms with Crippen molar-refractivity contribution in [3.63, 3.8) is 0 Å². The van der Waals surface area contributed by atoms with Crippen LogP contribution in [0.15, 0.2) is 88.4 Å². The van der Waals surface area contributed by atoms with E-state index in [0.29, 0.717) is 0 Å². The first-order valence-corrected chi connectivity index (χ1v) is 9.17. The summed E-state index contributed by atoms with van der Waals surface area (Å²) >= 11 is 1.64. The van der Waals surface area contributed by atoms with E-state index in [1.807, 2.05) is 41.8 Å². The minimum atomic E-state index is 0.717. The van der Waals surface area contributed by atoms with Gasteiger partial charge < -0.3 is 5.32 Å². The third kappa shape index (κ3) is 2.59. The molecule has 5 rings (SSSR count). The summed E-state index contributed by atoms with van der Waals surface area (Å²) in [5, 5.41) is 7.79. The average molecular weight is 354 g/mol. The number of hydrogen-bond donors (Lipinski definition) is 1. The van der Waals surface area contributed by atoms with E-state index in [9.17, 15) is 0 Å². The van der Waals surface area contributed by atoms with E-state index in [4.69, 9.17) is 9.98 Å². The standard InChI is InChI=1S/C21H14N4S/c1-2-5-16-14(4-1)7-8-17-19(16)24-21(18-6-3-13-26-18)25-20(23-17)15-9-11-22-12-10-15/h1-13H,(H,23,24,25). The topological polar surface area (TPSA) is 49.6 Å². The zero-order chi connectivity index (χ0) is 17.3. The molecule has 4 aromatic rings. The smallest absolute Gasteiger partial charge is 0.172 e. The molecule has 0 saturated carbocycles. The van der Waals surface area contributed by atoms with Gasteiger partial charge in [-0.05, 0) is 35.0 Å². The van der Waals surface area contributed by atoms with Crippen molar-refractivity contribution in [2.24, 2.45) is 9.98 Å². The summed E-state index contributed by atoms with van der Waals surface area (Å²) in [6.07, 6.45) is 3.54. The molecule has 0 amide bonds. The van der Waals surface area contributed by atoms with Crippen molar-refractivity contribution in [3.05, 3.63) is 88.9 Å². The lowest BCUT2D eigenvalue weighted by molar-refractivity contribution is 1.32. The summed E-state index contributed by atoms with van der Waals surface area (Å²) in [5.41, 5.74) is 2.84. The molecule has 0 spiro atoms. The Bertz CT molecular complexity index is 1150. The molecule has 1 aliphatic heterocycles. The number of nitrogens with zero attached hydrogens (tertiary/aromatic N) is 3. The second-order valence-electron chi connectivity index (χ2n) is 5.92. The molecule has 1 aliphatic rings.